The van der Waals surface area contributed by atoms with Gasteiger partial charge in [-0.15, -0.1) is 0 Å². The molecule has 3 nitrogen and oxygen atoms in total. The fourth-order valence-electron chi connectivity index (χ4n) is 1.76. The molecule has 0 spiro atoms. The number of unbranched alkanes of at least 4 members (excludes halogenated alkanes) is 1. The van der Waals surface area contributed by atoms with E-state index in [1.807, 2.05) is 18.2 Å². The van der Waals surface area contributed by atoms with Crippen molar-refractivity contribution in [2.75, 3.05) is 5.32 Å². The Balaban J connectivity index is 2.69. The van der Waals surface area contributed by atoms with E-state index in [1.54, 1.807) is 0 Å². The molecule has 4 heteroatoms. The second kappa shape index (κ2) is 7.54. The maximum Gasteiger partial charge on any atom is 0.241 e. The van der Waals surface area contributed by atoms with Crippen LogP contribution in [0.25, 0.3) is 0 Å². The van der Waals surface area contributed by atoms with E-state index in [4.69, 9.17) is 5.73 Å². The molecule has 0 heterocycles. The highest BCUT2D eigenvalue weighted by atomic mass is 79.9. The number of hydrogen-bond donors (Lipinski definition) is 2. The van der Waals surface area contributed by atoms with E-state index < -0.39 is 6.04 Å². The van der Waals surface area contributed by atoms with Crippen molar-refractivity contribution in [3.05, 3.63) is 28.2 Å². The monoisotopic (exact) mass is 312 g/mol. The zero-order valence-electron chi connectivity index (χ0n) is 11.0. The Bertz CT molecular complexity index is 407. The average molecular weight is 313 g/mol. The summed E-state index contributed by atoms with van der Waals surface area (Å²) in [6.07, 6.45) is 3.65. The fourth-order valence-corrected chi connectivity index (χ4v) is 2.17. The van der Waals surface area contributed by atoms with Crippen LogP contribution in [0.3, 0.4) is 0 Å². The summed E-state index contributed by atoms with van der Waals surface area (Å²) in [4.78, 5) is 11.9. The van der Waals surface area contributed by atoms with Gasteiger partial charge < -0.3 is 11.1 Å². The number of halogens is 1. The molecule has 0 aromatic heterocycles. The third-order valence-electron chi connectivity index (χ3n) is 2.91. The number of carbonyl (C=O) groups is 1. The minimum Gasteiger partial charge on any atom is -0.324 e. The second-order valence-corrected chi connectivity index (χ2v) is 5.31. The van der Waals surface area contributed by atoms with Crippen LogP contribution in [0.15, 0.2) is 22.7 Å². The topological polar surface area (TPSA) is 55.1 Å². The van der Waals surface area contributed by atoms with Crippen LogP contribution in [0, 0.1) is 0 Å². The van der Waals surface area contributed by atoms with Crippen LogP contribution in [0.5, 0.6) is 0 Å². The molecule has 1 rings (SSSR count). The quantitative estimate of drug-likeness (QED) is 0.845. The number of anilines is 1. The lowest BCUT2D eigenvalue weighted by atomic mass is 10.1. The van der Waals surface area contributed by atoms with E-state index in [-0.39, 0.29) is 5.91 Å². The van der Waals surface area contributed by atoms with Crippen molar-refractivity contribution in [2.45, 2.75) is 45.6 Å². The molecule has 100 valence electrons. The highest BCUT2D eigenvalue weighted by Crippen LogP contribution is 2.21. The van der Waals surface area contributed by atoms with Gasteiger partial charge in [-0.1, -0.05) is 42.6 Å². The SMILES string of the molecule is CCCC[C@H](N)C(=O)Nc1ccc(Br)cc1CC. The molecule has 0 unspecified atom stereocenters. The number of nitrogens with one attached hydrogen (secondary N) is 1. The number of rotatable bonds is 6. The molecule has 1 atom stereocenters. The summed E-state index contributed by atoms with van der Waals surface area (Å²) < 4.78 is 1.02. The standard InChI is InChI=1S/C14H21BrN2O/c1-3-5-6-12(16)14(18)17-13-8-7-11(15)9-10(13)4-2/h7-9,12H,3-6,16H2,1-2H3,(H,17,18)/t12-/m0/s1. The molecule has 0 saturated heterocycles. The molecule has 0 radical (unpaired) electrons. The minimum absolute atomic E-state index is 0.0968. The van der Waals surface area contributed by atoms with Crippen LogP contribution < -0.4 is 11.1 Å². The first-order valence-electron chi connectivity index (χ1n) is 6.43. The number of nitrogens with two attached hydrogens (primary N) is 1. The molecule has 0 aliphatic rings. The van der Waals surface area contributed by atoms with Gasteiger partial charge in [0.1, 0.15) is 0 Å². The molecule has 1 aromatic rings. The molecule has 18 heavy (non-hydrogen) atoms. The summed E-state index contributed by atoms with van der Waals surface area (Å²) in [5.41, 5.74) is 7.82. The number of benzene rings is 1. The maximum atomic E-state index is 11.9. The summed E-state index contributed by atoms with van der Waals surface area (Å²) in [6.45, 7) is 4.16. The van der Waals surface area contributed by atoms with Crippen molar-refractivity contribution in [1.29, 1.82) is 0 Å². The molecule has 0 aliphatic carbocycles. The molecule has 0 bridgehead atoms. The van der Waals surface area contributed by atoms with E-state index in [0.717, 1.165) is 41.4 Å². The molecule has 1 amide bonds. The van der Waals surface area contributed by atoms with E-state index in [1.165, 1.54) is 0 Å². The third kappa shape index (κ3) is 4.42. The molecule has 0 aliphatic heterocycles. The summed E-state index contributed by atoms with van der Waals surface area (Å²) in [5.74, 6) is -0.0968. The smallest absolute Gasteiger partial charge is 0.241 e. The Morgan fingerprint density at radius 2 is 2.17 bits per heavy atom. The Hall–Kier alpha value is -0.870. The van der Waals surface area contributed by atoms with Gasteiger partial charge in [0.05, 0.1) is 6.04 Å². The molecular weight excluding hydrogens is 292 g/mol. The molecule has 3 N–H and O–H groups in total. The van der Waals surface area contributed by atoms with Gasteiger partial charge in [0, 0.05) is 10.2 Å². The fraction of sp³-hybridized carbons (Fsp3) is 0.500. The van der Waals surface area contributed by atoms with Gasteiger partial charge >= 0.3 is 0 Å². The van der Waals surface area contributed by atoms with E-state index in [2.05, 4.69) is 35.1 Å². The van der Waals surface area contributed by atoms with Gasteiger partial charge in [0.25, 0.3) is 0 Å². The van der Waals surface area contributed by atoms with Crippen molar-refractivity contribution in [3.8, 4) is 0 Å². The Morgan fingerprint density at radius 1 is 1.44 bits per heavy atom. The minimum atomic E-state index is -0.418. The van der Waals surface area contributed by atoms with Crippen molar-refractivity contribution in [1.82, 2.24) is 0 Å². The van der Waals surface area contributed by atoms with Crippen LogP contribution >= 0.6 is 15.9 Å². The summed E-state index contributed by atoms with van der Waals surface area (Å²) in [5, 5.41) is 2.91. The predicted octanol–water partition coefficient (Wildman–Crippen LogP) is 3.47. The first-order chi connectivity index (χ1) is 8.58. The zero-order valence-corrected chi connectivity index (χ0v) is 12.6. The highest BCUT2D eigenvalue weighted by Gasteiger charge is 2.14. The lowest BCUT2D eigenvalue weighted by Crippen LogP contribution is -2.35. The van der Waals surface area contributed by atoms with Crippen molar-refractivity contribution >= 4 is 27.5 Å². The Labute approximate surface area is 117 Å². The van der Waals surface area contributed by atoms with E-state index >= 15 is 0 Å². The van der Waals surface area contributed by atoms with Gasteiger partial charge in [-0.05, 0) is 36.6 Å². The second-order valence-electron chi connectivity index (χ2n) is 4.39. The largest absolute Gasteiger partial charge is 0.324 e. The van der Waals surface area contributed by atoms with Crippen molar-refractivity contribution in [3.63, 3.8) is 0 Å². The lowest BCUT2D eigenvalue weighted by molar-refractivity contribution is -0.117. The zero-order chi connectivity index (χ0) is 13.5. The van der Waals surface area contributed by atoms with Gasteiger partial charge in [-0.2, -0.15) is 0 Å². The summed E-state index contributed by atoms with van der Waals surface area (Å²) in [7, 11) is 0. The van der Waals surface area contributed by atoms with Crippen molar-refractivity contribution < 1.29 is 4.79 Å². The van der Waals surface area contributed by atoms with E-state index in [9.17, 15) is 4.79 Å². The Morgan fingerprint density at radius 3 is 2.78 bits per heavy atom. The van der Waals surface area contributed by atoms with E-state index in [0.29, 0.717) is 0 Å². The molecular formula is C14H21BrN2O. The van der Waals surface area contributed by atoms with Crippen LogP contribution in [-0.4, -0.2) is 11.9 Å². The van der Waals surface area contributed by atoms with Gasteiger partial charge in [-0.25, -0.2) is 0 Å². The summed E-state index contributed by atoms with van der Waals surface area (Å²) >= 11 is 3.43. The number of amides is 1. The maximum absolute atomic E-state index is 11.9. The third-order valence-corrected chi connectivity index (χ3v) is 3.40. The van der Waals surface area contributed by atoms with Gasteiger partial charge in [0.2, 0.25) is 5.91 Å². The summed E-state index contributed by atoms with van der Waals surface area (Å²) in [6, 6.07) is 5.44. The number of aryl methyl sites for hydroxylation is 1. The van der Waals surface area contributed by atoms with Gasteiger partial charge in [-0.3, -0.25) is 4.79 Å². The molecule has 0 saturated carbocycles. The normalized spacial score (nSPS) is 12.2. The van der Waals surface area contributed by atoms with Gasteiger partial charge in [0.15, 0.2) is 0 Å². The average Bonchev–Trinajstić information content (AvgIpc) is 2.37. The van der Waals surface area contributed by atoms with Crippen LogP contribution in [0.1, 0.15) is 38.7 Å². The van der Waals surface area contributed by atoms with Crippen molar-refractivity contribution in [2.24, 2.45) is 5.73 Å². The highest BCUT2D eigenvalue weighted by molar-refractivity contribution is 9.10. The first kappa shape index (κ1) is 15.2. The molecule has 1 aromatic carbocycles. The predicted molar refractivity (Wildman–Crippen MR) is 79.7 cm³/mol. The number of carbonyl (C=O) groups excluding carboxylic acids is 1. The van der Waals surface area contributed by atoms with Crippen LogP contribution in [0.2, 0.25) is 0 Å². The first-order valence-corrected chi connectivity index (χ1v) is 7.22. The number of hydrogen-bond acceptors (Lipinski definition) is 2. The van der Waals surface area contributed by atoms with Crippen LogP contribution in [0.4, 0.5) is 5.69 Å². The van der Waals surface area contributed by atoms with Crippen LogP contribution in [-0.2, 0) is 11.2 Å². The lowest BCUT2D eigenvalue weighted by Gasteiger charge is -2.14. The molecule has 0 fully saturated rings. The Kier molecular flexibility index (Phi) is 6.36.